The van der Waals surface area contributed by atoms with Crippen LogP contribution in [0.5, 0.6) is 0 Å². The third-order valence-corrected chi connectivity index (χ3v) is 1.31. The molecule has 0 aliphatic heterocycles. The van der Waals surface area contributed by atoms with Crippen molar-refractivity contribution in [1.29, 1.82) is 0 Å². The zero-order valence-corrected chi connectivity index (χ0v) is 6.97. The van der Waals surface area contributed by atoms with Crippen LogP contribution in [0.15, 0.2) is 29.6 Å². The zero-order valence-electron chi connectivity index (χ0n) is 6.97. The van der Waals surface area contributed by atoms with E-state index in [0.717, 1.165) is 0 Å². The van der Waals surface area contributed by atoms with Crippen LogP contribution >= 0.6 is 0 Å². The van der Waals surface area contributed by atoms with Crippen LogP contribution in [0, 0.1) is 0 Å². The van der Waals surface area contributed by atoms with E-state index in [4.69, 9.17) is 5.73 Å². The summed E-state index contributed by atoms with van der Waals surface area (Å²) in [5.41, 5.74) is 7.98. The Labute approximate surface area is 75.7 Å². The topological polar surface area (TPSA) is 80.4 Å². The lowest BCUT2D eigenvalue weighted by atomic mass is 10.3. The molecule has 3 N–H and O–H groups in total. The molecular formula is C8H10N4O. The van der Waals surface area contributed by atoms with E-state index in [1.807, 2.05) is 0 Å². The fourth-order valence-electron chi connectivity index (χ4n) is 0.725. The smallest absolute Gasteiger partial charge is 0.271 e. The van der Waals surface area contributed by atoms with Crippen molar-refractivity contribution in [3.8, 4) is 0 Å². The van der Waals surface area contributed by atoms with Gasteiger partial charge in [0, 0.05) is 30.7 Å². The highest BCUT2D eigenvalue weighted by molar-refractivity contribution is 5.94. The Hall–Kier alpha value is -1.75. The van der Waals surface area contributed by atoms with Gasteiger partial charge in [-0.1, -0.05) is 0 Å². The van der Waals surface area contributed by atoms with Gasteiger partial charge in [-0.2, -0.15) is 5.10 Å². The highest BCUT2D eigenvalue weighted by atomic mass is 16.2. The number of carbonyl (C=O) groups is 1. The van der Waals surface area contributed by atoms with Crippen molar-refractivity contribution in [2.75, 3.05) is 6.54 Å². The van der Waals surface area contributed by atoms with Crippen molar-refractivity contribution < 1.29 is 4.79 Å². The van der Waals surface area contributed by atoms with Crippen molar-refractivity contribution >= 4 is 12.1 Å². The maximum atomic E-state index is 11.2. The van der Waals surface area contributed by atoms with Crippen molar-refractivity contribution in [3.05, 3.63) is 30.1 Å². The molecule has 0 saturated heterocycles. The number of hydrogen-bond donors (Lipinski definition) is 2. The van der Waals surface area contributed by atoms with E-state index in [0.29, 0.717) is 12.1 Å². The number of aromatic nitrogens is 1. The monoisotopic (exact) mass is 178 g/mol. The normalized spacial score (nSPS) is 10.2. The van der Waals surface area contributed by atoms with Crippen LogP contribution in [0.25, 0.3) is 0 Å². The van der Waals surface area contributed by atoms with Gasteiger partial charge in [-0.3, -0.25) is 9.78 Å². The third-order valence-electron chi connectivity index (χ3n) is 1.31. The van der Waals surface area contributed by atoms with Gasteiger partial charge in [-0.25, -0.2) is 5.43 Å². The highest BCUT2D eigenvalue weighted by Crippen LogP contribution is 1.94. The minimum absolute atomic E-state index is 0.271. The summed E-state index contributed by atoms with van der Waals surface area (Å²) in [4.78, 5) is 15.0. The van der Waals surface area contributed by atoms with Gasteiger partial charge >= 0.3 is 0 Å². The average molecular weight is 178 g/mol. The molecular weight excluding hydrogens is 168 g/mol. The molecule has 1 aromatic rings. The van der Waals surface area contributed by atoms with Gasteiger partial charge in [0.1, 0.15) is 0 Å². The maximum Gasteiger partial charge on any atom is 0.271 e. The van der Waals surface area contributed by atoms with Gasteiger partial charge in [0.2, 0.25) is 0 Å². The van der Waals surface area contributed by atoms with Crippen LogP contribution in [0.1, 0.15) is 10.4 Å². The second kappa shape index (κ2) is 5.00. The molecule has 68 valence electrons. The van der Waals surface area contributed by atoms with Gasteiger partial charge < -0.3 is 5.73 Å². The number of nitrogens with zero attached hydrogens (tertiary/aromatic N) is 2. The molecule has 1 amide bonds. The third kappa shape index (κ3) is 3.00. The van der Waals surface area contributed by atoms with Crippen LogP contribution in [0.3, 0.4) is 0 Å². The SMILES string of the molecule is NCC=NNC(=O)c1ccncc1. The zero-order chi connectivity index (χ0) is 9.52. The van der Waals surface area contributed by atoms with E-state index in [2.05, 4.69) is 15.5 Å². The average Bonchev–Trinajstić information content (AvgIpc) is 2.19. The standard InChI is InChI=1S/C8H10N4O/c9-3-6-11-12-8(13)7-1-4-10-5-2-7/h1-2,4-6H,3,9H2,(H,12,13). The molecule has 13 heavy (non-hydrogen) atoms. The van der Waals surface area contributed by atoms with Gasteiger partial charge in [-0.15, -0.1) is 0 Å². The minimum Gasteiger partial charge on any atom is -0.326 e. The Balaban J connectivity index is 2.54. The van der Waals surface area contributed by atoms with Crippen molar-refractivity contribution in [2.24, 2.45) is 10.8 Å². The van der Waals surface area contributed by atoms with Crippen molar-refractivity contribution in [2.45, 2.75) is 0 Å². The number of pyridine rings is 1. The molecule has 0 bridgehead atoms. The summed E-state index contributed by atoms with van der Waals surface area (Å²) in [6.07, 6.45) is 4.50. The summed E-state index contributed by atoms with van der Waals surface area (Å²) in [6, 6.07) is 3.21. The molecule has 0 fully saturated rings. The molecule has 0 atom stereocenters. The molecule has 0 aliphatic rings. The Morgan fingerprint density at radius 2 is 2.31 bits per heavy atom. The molecule has 0 unspecified atom stereocenters. The lowest BCUT2D eigenvalue weighted by Gasteiger charge is -1.97. The van der Waals surface area contributed by atoms with E-state index in [-0.39, 0.29) is 5.91 Å². The second-order valence-electron chi connectivity index (χ2n) is 2.22. The van der Waals surface area contributed by atoms with Gasteiger partial charge in [0.15, 0.2) is 0 Å². The van der Waals surface area contributed by atoms with Crippen LogP contribution in [-0.4, -0.2) is 23.7 Å². The van der Waals surface area contributed by atoms with Crippen molar-refractivity contribution in [3.63, 3.8) is 0 Å². The fourth-order valence-corrected chi connectivity index (χ4v) is 0.725. The summed E-state index contributed by atoms with van der Waals surface area (Å²) in [6.45, 7) is 0.302. The molecule has 0 spiro atoms. The van der Waals surface area contributed by atoms with Crippen LogP contribution in [0.4, 0.5) is 0 Å². The quantitative estimate of drug-likeness (QED) is 0.495. The van der Waals surface area contributed by atoms with Crippen molar-refractivity contribution in [1.82, 2.24) is 10.4 Å². The number of nitrogens with one attached hydrogen (secondary N) is 1. The minimum atomic E-state index is -0.271. The van der Waals surface area contributed by atoms with E-state index in [9.17, 15) is 4.79 Å². The van der Waals surface area contributed by atoms with Crippen LogP contribution < -0.4 is 11.2 Å². The van der Waals surface area contributed by atoms with Crippen LogP contribution in [-0.2, 0) is 0 Å². The maximum absolute atomic E-state index is 11.2. The van der Waals surface area contributed by atoms with Gasteiger partial charge in [0.25, 0.3) is 5.91 Å². The predicted molar refractivity (Wildman–Crippen MR) is 49.2 cm³/mol. The number of rotatable bonds is 3. The largest absolute Gasteiger partial charge is 0.326 e. The Morgan fingerprint density at radius 3 is 2.92 bits per heavy atom. The lowest BCUT2D eigenvalue weighted by Crippen LogP contribution is -2.18. The van der Waals surface area contributed by atoms with E-state index >= 15 is 0 Å². The molecule has 5 heteroatoms. The summed E-state index contributed by atoms with van der Waals surface area (Å²) in [5.74, 6) is -0.271. The van der Waals surface area contributed by atoms with E-state index < -0.39 is 0 Å². The number of hydrogen-bond acceptors (Lipinski definition) is 4. The molecule has 1 heterocycles. The first-order valence-electron chi connectivity index (χ1n) is 3.76. The molecule has 5 nitrogen and oxygen atoms in total. The molecule has 0 aromatic carbocycles. The molecule has 0 saturated carbocycles. The molecule has 1 rings (SSSR count). The second-order valence-corrected chi connectivity index (χ2v) is 2.22. The Morgan fingerprint density at radius 1 is 1.62 bits per heavy atom. The number of carbonyl (C=O) groups excluding carboxylic acids is 1. The Kier molecular flexibility index (Phi) is 3.59. The summed E-state index contributed by atoms with van der Waals surface area (Å²) >= 11 is 0. The summed E-state index contributed by atoms with van der Waals surface area (Å²) in [7, 11) is 0. The fraction of sp³-hybridized carbons (Fsp3) is 0.125. The first-order chi connectivity index (χ1) is 6.34. The highest BCUT2D eigenvalue weighted by Gasteiger charge is 2.00. The number of hydrazone groups is 1. The molecule has 1 aromatic heterocycles. The first-order valence-corrected chi connectivity index (χ1v) is 3.76. The number of nitrogens with two attached hydrogens (primary N) is 1. The Bertz CT molecular complexity index is 296. The predicted octanol–water partition coefficient (Wildman–Crippen LogP) is -0.244. The van der Waals surface area contributed by atoms with E-state index in [1.165, 1.54) is 6.21 Å². The van der Waals surface area contributed by atoms with Crippen LogP contribution in [0.2, 0.25) is 0 Å². The molecule has 0 aliphatic carbocycles. The molecule has 0 radical (unpaired) electrons. The lowest BCUT2D eigenvalue weighted by molar-refractivity contribution is 0.0955. The van der Waals surface area contributed by atoms with E-state index in [1.54, 1.807) is 24.5 Å². The summed E-state index contributed by atoms with van der Waals surface area (Å²) < 4.78 is 0. The van der Waals surface area contributed by atoms with Gasteiger partial charge in [0.05, 0.1) is 0 Å². The number of amides is 1. The first kappa shape index (κ1) is 9.34. The summed E-state index contributed by atoms with van der Waals surface area (Å²) in [5, 5.41) is 3.60. The van der Waals surface area contributed by atoms with Gasteiger partial charge in [-0.05, 0) is 12.1 Å².